The highest BCUT2D eigenvalue weighted by Crippen LogP contribution is 2.48. The first-order chi connectivity index (χ1) is 31.2. The molecule has 0 unspecified atom stereocenters. The standard InChI is InChI=1S/C58H39N3OS/c1-4-19-41(20-5-1)59(44-31-33-56-52(38-44)50-26-12-14-29-55(50)62-56)46-35-47(37-48(36-46)61(43-23-8-3-9-24-43)54-28-16-18-40-17-10-11-25-49(40)54)60(42-21-6-2-7-22-42)45-32-34-58-53(39-45)51-27-13-15-30-57(51)63-58/h1-39H. The van der Waals surface area contributed by atoms with E-state index in [1.54, 1.807) is 0 Å². The number of furan rings is 1. The maximum absolute atomic E-state index is 6.35. The molecule has 4 nitrogen and oxygen atoms in total. The van der Waals surface area contributed by atoms with Crippen molar-refractivity contribution in [2.24, 2.45) is 0 Å². The van der Waals surface area contributed by atoms with Crippen molar-refractivity contribution in [1.82, 2.24) is 0 Å². The summed E-state index contributed by atoms with van der Waals surface area (Å²) in [6.45, 7) is 0. The van der Waals surface area contributed by atoms with E-state index >= 15 is 0 Å². The highest BCUT2D eigenvalue weighted by Gasteiger charge is 2.24. The van der Waals surface area contributed by atoms with E-state index < -0.39 is 0 Å². The summed E-state index contributed by atoms with van der Waals surface area (Å²) in [7, 11) is 0. The maximum atomic E-state index is 6.35. The number of fused-ring (bicyclic) bond motifs is 7. The van der Waals surface area contributed by atoms with Crippen molar-refractivity contribution in [2.45, 2.75) is 0 Å². The molecule has 0 saturated heterocycles. The number of thiophene rings is 1. The van der Waals surface area contributed by atoms with Crippen LogP contribution in [0.3, 0.4) is 0 Å². The number of para-hydroxylation sites is 4. The number of anilines is 9. The van der Waals surface area contributed by atoms with Gasteiger partial charge in [0.15, 0.2) is 0 Å². The minimum atomic E-state index is 0.861. The molecule has 63 heavy (non-hydrogen) atoms. The molecule has 0 bridgehead atoms. The van der Waals surface area contributed by atoms with E-state index in [1.165, 1.54) is 30.9 Å². The van der Waals surface area contributed by atoms with E-state index in [-0.39, 0.29) is 0 Å². The zero-order valence-corrected chi connectivity index (χ0v) is 35.0. The first-order valence-corrected chi connectivity index (χ1v) is 22.1. The predicted molar refractivity (Wildman–Crippen MR) is 268 cm³/mol. The third-order valence-corrected chi connectivity index (χ3v) is 13.1. The number of hydrogen-bond donors (Lipinski definition) is 0. The fraction of sp³-hybridized carbons (Fsp3) is 0. The molecule has 2 heterocycles. The minimum Gasteiger partial charge on any atom is -0.456 e. The summed E-state index contributed by atoms with van der Waals surface area (Å²) < 4.78 is 8.91. The van der Waals surface area contributed by atoms with Gasteiger partial charge in [0.05, 0.1) is 22.7 Å². The summed E-state index contributed by atoms with van der Waals surface area (Å²) in [6.07, 6.45) is 0. The van der Waals surface area contributed by atoms with Crippen molar-refractivity contribution in [3.05, 3.63) is 237 Å². The topological polar surface area (TPSA) is 22.9 Å². The van der Waals surface area contributed by atoms with Crippen LogP contribution in [0.5, 0.6) is 0 Å². The molecule has 0 aliphatic heterocycles. The Morgan fingerprint density at radius 2 is 0.746 bits per heavy atom. The van der Waals surface area contributed by atoms with Gasteiger partial charge in [0.2, 0.25) is 0 Å². The third-order valence-electron chi connectivity index (χ3n) is 11.9. The van der Waals surface area contributed by atoms with Gasteiger partial charge < -0.3 is 19.1 Å². The summed E-state index contributed by atoms with van der Waals surface area (Å²) >= 11 is 1.84. The lowest BCUT2D eigenvalue weighted by Gasteiger charge is -2.33. The lowest BCUT2D eigenvalue weighted by Crippen LogP contribution is -2.16. The molecule has 0 atom stereocenters. The van der Waals surface area contributed by atoms with Gasteiger partial charge in [-0.15, -0.1) is 11.3 Å². The lowest BCUT2D eigenvalue weighted by atomic mass is 10.0. The van der Waals surface area contributed by atoms with Crippen LogP contribution in [0.25, 0.3) is 52.9 Å². The Balaban J connectivity index is 1.16. The van der Waals surface area contributed by atoms with Crippen molar-refractivity contribution in [3.63, 3.8) is 0 Å². The van der Waals surface area contributed by atoms with Crippen LogP contribution < -0.4 is 14.7 Å². The van der Waals surface area contributed by atoms with Gasteiger partial charge in [-0.2, -0.15) is 0 Å². The SMILES string of the molecule is c1ccc(N(c2cc(N(c3ccccc3)c3ccc4sc5ccccc5c4c3)cc(N(c3ccccc3)c3cccc4ccccc34)c2)c2ccc3oc4ccccc4c3c2)cc1. The highest BCUT2D eigenvalue weighted by molar-refractivity contribution is 7.25. The molecular weight excluding hydrogens is 787 g/mol. The molecule has 10 aromatic carbocycles. The van der Waals surface area contributed by atoms with Crippen molar-refractivity contribution >= 4 is 115 Å². The van der Waals surface area contributed by atoms with Gasteiger partial charge in [0.1, 0.15) is 11.2 Å². The Labute approximate surface area is 369 Å². The predicted octanol–water partition coefficient (Wildman–Crippen LogP) is 17.5. The van der Waals surface area contributed by atoms with Gasteiger partial charge in [-0.1, -0.05) is 127 Å². The largest absolute Gasteiger partial charge is 0.456 e. The molecule has 0 aliphatic carbocycles. The molecule has 0 N–H and O–H groups in total. The van der Waals surface area contributed by atoms with Crippen LogP contribution in [0.2, 0.25) is 0 Å². The number of rotatable bonds is 9. The van der Waals surface area contributed by atoms with E-state index in [0.29, 0.717) is 0 Å². The average Bonchev–Trinajstić information content (AvgIpc) is 3.91. The molecule has 0 saturated carbocycles. The zero-order chi connectivity index (χ0) is 41.7. The Hall–Kier alpha value is -8.12. The van der Waals surface area contributed by atoms with Gasteiger partial charge in [0, 0.05) is 64.8 Å². The van der Waals surface area contributed by atoms with Crippen molar-refractivity contribution in [1.29, 1.82) is 0 Å². The molecule has 12 aromatic rings. The van der Waals surface area contributed by atoms with Crippen LogP contribution in [-0.4, -0.2) is 0 Å². The monoisotopic (exact) mass is 825 g/mol. The number of benzene rings is 10. The first kappa shape index (κ1) is 36.7. The van der Waals surface area contributed by atoms with Gasteiger partial charge in [-0.05, 0) is 115 Å². The minimum absolute atomic E-state index is 0.861. The second-order valence-electron chi connectivity index (χ2n) is 15.8. The third kappa shape index (κ3) is 6.54. The molecule has 0 spiro atoms. The van der Waals surface area contributed by atoms with Crippen LogP contribution >= 0.6 is 11.3 Å². The quantitative estimate of drug-likeness (QED) is 0.145. The Morgan fingerprint density at radius 1 is 0.270 bits per heavy atom. The Bertz CT molecular complexity index is 3420. The van der Waals surface area contributed by atoms with E-state index in [1.807, 2.05) is 23.5 Å². The van der Waals surface area contributed by atoms with E-state index in [4.69, 9.17) is 4.42 Å². The average molecular weight is 826 g/mol. The zero-order valence-electron chi connectivity index (χ0n) is 34.2. The maximum Gasteiger partial charge on any atom is 0.135 e. The van der Waals surface area contributed by atoms with Gasteiger partial charge in [-0.3, -0.25) is 0 Å². The fourth-order valence-electron chi connectivity index (χ4n) is 9.13. The first-order valence-electron chi connectivity index (χ1n) is 21.2. The second kappa shape index (κ2) is 15.4. The smallest absolute Gasteiger partial charge is 0.135 e. The summed E-state index contributed by atoms with van der Waals surface area (Å²) in [5.74, 6) is 0. The van der Waals surface area contributed by atoms with Crippen molar-refractivity contribution in [2.75, 3.05) is 14.7 Å². The molecule has 0 fully saturated rings. The summed E-state index contributed by atoms with van der Waals surface area (Å²) in [5, 5.41) is 7.03. The van der Waals surface area contributed by atoms with E-state index in [0.717, 1.165) is 73.1 Å². The molecule has 298 valence electrons. The summed E-state index contributed by atoms with van der Waals surface area (Å²) in [6, 6.07) is 84.9. The lowest BCUT2D eigenvalue weighted by molar-refractivity contribution is 0.669. The van der Waals surface area contributed by atoms with Gasteiger partial charge in [0.25, 0.3) is 0 Å². The van der Waals surface area contributed by atoms with E-state index in [9.17, 15) is 0 Å². The van der Waals surface area contributed by atoms with Crippen molar-refractivity contribution < 1.29 is 4.42 Å². The number of nitrogens with zero attached hydrogens (tertiary/aromatic N) is 3. The van der Waals surface area contributed by atoms with Crippen LogP contribution in [-0.2, 0) is 0 Å². The highest BCUT2D eigenvalue weighted by atomic mass is 32.1. The Kier molecular flexibility index (Phi) is 8.98. The van der Waals surface area contributed by atoms with E-state index in [2.05, 4.69) is 239 Å². The normalized spacial score (nSPS) is 11.5. The van der Waals surface area contributed by atoms with Crippen molar-refractivity contribution in [3.8, 4) is 0 Å². The summed E-state index contributed by atoms with van der Waals surface area (Å²) in [4.78, 5) is 7.18. The molecular formula is C58H39N3OS. The fourth-order valence-corrected chi connectivity index (χ4v) is 10.2. The Morgan fingerprint density at radius 3 is 1.43 bits per heavy atom. The molecule has 2 aromatic heterocycles. The molecule has 0 radical (unpaired) electrons. The molecule has 0 aliphatic rings. The van der Waals surface area contributed by atoms with Crippen LogP contribution in [0.15, 0.2) is 241 Å². The number of hydrogen-bond acceptors (Lipinski definition) is 5. The second-order valence-corrected chi connectivity index (χ2v) is 16.9. The molecule has 0 amide bonds. The summed E-state index contributed by atoms with van der Waals surface area (Å²) in [5.41, 5.74) is 11.1. The van der Waals surface area contributed by atoms with Crippen LogP contribution in [0.4, 0.5) is 51.2 Å². The van der Waals surface area contributed by atoms with Gasteiger partial charge in [-0.25, -0.2) is 0 Å². The molecule has 5 heteroatoms. The molecule has 12 rings (SSSR count). The van der Waals surface area contributed by atoms with Crippen LogP contribution in [0.1, 0.15) is 0 Å². The van der Waals surface area contributed by atoms with Crippen LogP contribution in [0, 0.1) is 0 Å². The van der Waals surface area contributed by atoms with Gasteiger partial charge >= 0.3 is 0 Å².